The summed E-state index contributed by atoms with van der Waals surface area (Å²) in [7, 11) is 0. The van der Waals surface area contributed by atoms with Crippen LogP contribution in [0.1, 0.15) is 64.8 Å². The number of hydrogen-bond donors (Lipinski definition) is 1. The predicted octanol–water partition coefficient (Wildman–Crippen LogP) is 5.79. The summed E-state index contributed by atoms with van der Waals surface area (Å²) in [5.74, 6) is 0.178. The summed E-state index contributed by atoms with van der Waals surface area (Å²) < 4.78 is 6.15. The maximum absolute atomic E-state index is 13.6. The Morgan fingerprint density at radius 3 is 2.53 bits per heavy atom. The minimum Gasteiger partial charge on any atom is -0.458 e. The van der Waals surface area contributed by atoms with E-state index < -0.39 is 17.3 Å². The molecular weight excluding hydrogens is 470 g/mol. The number of rotatable bonds is 6. The van der Waals surface area contributed by atoms with Crippen LogP contribution in [0.3, 0.4) is 0 Å². The van der Waals surface area contributed by atoms with E-state index in [2.05, 4.69) is 48.0 Å². The van der Waals surface area contributed by atoms with Gasteiger partial charge in [-0.3, -0.25) is 9.59 Å². The molecule has 1 aliphatic rings. The molecule has 6 heteroatoms. The molecule has 2 heterocycles. The molecule has 1 atom stereocenters. The van der Waals surface area contributed by atoms with Gasteiger partial charge in [0.05, 0.1) is 18.7 Å². The highest BCUT2D eigenvalue weighted by molar-refractivity contribution is 9.10. The van der Waals surface area contributed by atoms with Crippen molar-refractivity contribution in [3.63, 3.8) is 0 Å². The zero-order valence-electron chi connectivity index (χ0n) is 18.6. The highest BCUT2D eigenvalue weighted by atomic mass is 79.9. The van der Waals surface area contributed by atoms with E-state index in [-0.39, 0.29) is 12.2 Å². The Labute approximate surface area is 196 Å². The SMILES string of the molecule is Cc1ccc(C(=O)C[C@]2(O)C(=O)N(Cc3cc(C(C)C)ccc3C)c3ccc(Br)cc32)o1. The highest BCUT2D eigenvalue weighted by Gasteiger charge is 2.51. The second-order valence-electron chi connectivity index (χ2n) is 8.76. The van der Waals surface area contributed by atoms with E-state index in [9.17, 15) is 14.7 Å². The molecule has 0 saturated heterocycles. The monoisotopic (exact) mass is 495 g/mol. The van der Waals surface area contributed by atoms with Gasteiger partial charge in [-0.25, -0.2) is 0 Å². The number of nitrogens with zero attached hydrogens (tertiary/aromatic N) is 1. The number of aliphatic hydroxyl groups is 1. The minimum absolute atomic E-state index is 0.138. The van der Waals surface area contributed by atoms with Gasteiger partial charge in [0.1, 0.15) is 5.76 Å². The summed E-state index contributed by atoms with van der Waals surface area (Å²) in [6.45, 7) is 8.33. The van der Waals surface area contributed by atoms with Crippen molar-refractivity contribution >= 4 is 33.3 Å². The third kappa shape index (κ3) is 3.93. The van der Waals surface area contributed by atoms with Gasteiger partial charge in [-0.05, 0) is 66.8 Å². The number of benzene rings is 2. The minimum atomic E-state index is -1.96. The second-order valence-corrected chi connectivity index (χ2v) is 9.68. The average Bonchev–Trinajstić information content (AvgIpc) is 3.26. The fraction of sp³-hybridized carbons (Fsp3) is 0.308. The molecule has 2 aromatic carbocycles. The summed E-state index contributed by atoms with van der Waals surface area (Å²) >= 11 is 3.43. The van der Waals surface area contributed by atoms with Crippen LogP contribution in [0.15, 0.2) is 57.4 Å². The molecule has 0 aliphatic carbocycles. The molecule has 3 aromatic rings. The number of carbonyl (C=O) groups is 2. The van der Waals surface area contributed by atoms with Gasteiger partial charge >= 0.3 is 0 Å². The molecule has 5 nitrogen and oxygen atoms in total. The Hall–Kier alpha value is -2.70. The first kappa shape index (κ1) is 22.5. The van der Waals surface area contributed by atoms with Crippen molar-refractivity contribution in [2.75, 3.05) is 4.90 Å². The fourth-order valence-electron chi connectivity index (χ4n) is 4.15. The number of ketones is 1. The van der Waals surface area contributed by atoms with Crippen LogP contribution in [0.5, 0.6) is 0 Å². The predicted molar refractivity (Wildman–Crippen MR) is 127 cm³/mol. The summed E-state index contributed by atoms with van der Waals surface area (Å²) in [6, 6.07) is 14.9. The van der Waals surface area contributed by atoms with E-state index >= 15 is 0 Å². The molecule has 1 amide bonds. The number of anilines is 1. The largest absolute Gasteiger partial charge is 0.458 e. The molecule has 1 aromatic heterocycles. The van der Waals surface area contributed by atoms with Crippen LogP contribution >= 0.6 is 15.9 Å². The Kier molecular flexibility index (Phi) is 5.86. The Balaban J connectivity index is 1.73. The lowest BCUT2D eigenvalue weighted by Gasteiger charge is -2.23. The first-order valence-electron chi connectivity index (χ1n) is 10.6. The van der Waals surface area contributed by atoms with E-state index in [4.69, 9.17) is 4.42 Å². The van der Waals surface area contributed by atoms with Gasteiger partial charge in [-0.1, -0.05) is 48.0 Å². The summed E-state index contributed by atoms with van der Waals surface area (Å²) in [5, 5.41) is 11.6. The number of aryl methyl sites for hydroxylation is 2. The van der Waals surface area contributed by atoms with Gasteiger partial charge in [0.15, 0.2) is 11.4 Å². The maximum atomic E-state index is 13.6. The molecule has 0 radical (unpaired) electrons. The van der Waals surface area contributed by atoms with Crippen LogP contribution in [0.4, 0.5) is 5.69 Å². The fourth-order valence-corrected chi connectivity index (χ4v) is 4.51. The van der Waals surface area contributed by atoms with Crippen LogP contribution in [-0.4, -0.2) is 16.8 Å². The van der Waals surface area contributed by atoms with E-state index in [0.29, 0.717) is 29.5 Å². The van der Waals surface area contributed by atoms with Crippen molar-refractivity contribution in [1.29, 1.82) is 0 Å². The van der Waals surface area contributed by atoms with Crippen LogP contribution < -0.4 is 4.90 Å². The number of amides is 1. The third-order valence-corrected chi connectivity index (χ3v) is 6.59. The van der Waals surface area contributed by atoms with Crippen molar-refractivity contribution in [3.8, 4) is 0 Å². The highest BCUT2D eigenvalue weighted by Crippen LogP contribution is 2.45. The summed E-state index contributed by atoms with van der Waals surface area (Å²) in [5.41, 5.74) is 2.34. The molecule has 0 fully saturated rings. The van der Waals surface area contributed by atoms with Crippen molar-refractivity contribution < 1.29 is 19.1 Å². The summed E-state index contributed by atoms with van der Waals surface area (Å²) in [6.07, 6.45) is -0.385. The Morgan fingerprint density at radius 1 is 1.12 bits per heavy atom. The molecular formula is C26H26BrNO4. The third-order valence-electron chi connectivity index (χ3n) is 6.09. The maximum Gasteiger partial charge on any atom is 0.264 e. The number of hydrogen-bond acceptors (Lipinski definition) is 4. The van der Waals surface area contributed by atoms with E-state index in [1.54, 1.807) is 36.1 Å². The average molecular weight is 496 g/mol. The van der Waals surface area contributed by atoms with E-state index in [1.807, 2.05) is 13.0 Å². The van der Waals surface area contributed by atoms with Crippen molar-refractivity contribution in [1.82, 2.24) is 0 Å². The molecule has 0 bridgehead atoms. The van der Waals surface area contributed by atoms with E-state index in [0.717, 1.165) is 15.6 Å². The van der Waals surface area contributed by atoms with Crippen LogP contribution in [0, 0.1) is 13.8 Å². The molecule has 0 spiro atoms. The van der Waals surface area contributed by atoms with Crippen molar-refractivity contribution in [2.45, 2.75) is 52.2 Å². The molecule has 0 saturated carbocycles. The molecule has 166 valence electrons. The standard InChI is InChI=1S/C26H26BrNO4/c1-15(2)18-7-5-16(3)19(11-18)14-28-22-9-8-20(27)12-21(22)26(31,25(28)30)13-23(29)24-10-6-17(4)32-24/h5-12,15,31H,13-14H2,1-4H3/t26-/m1/s1. The zero-order valence-corrected chi connectivity index (χ0v) is 20.2. The molecule has 4 rings (SSSR count). The van der Waals surface area contributed by atoms with Gasteiger partial charge < -0.3 is 14.4 Å². The van der Waals surface area contributed by atoms with Crippen LogP contribution in [0.25, 0.3) is 0 Å². The second kappa shape index (κ2) is 8.34. The lowest BCUT2D eigenvalue weighted by molar-refractivity contribution is -0.136. The van der Waals surface area contributed by atoms with Crippen LogP contribution in [-0.2, 0) is 16.9 Å². The van der Waals surface area contributed by atoms with Crippen LogP contribution in [0.2, 0.25) is 0 Å². The number of fused-ring (bicyclic) bond motifs is 1. The molecule has 0 unspecified atom stereocenters. The number of carbonyl (C=O) groups excluding carboxylic acids is 2. The molecule has 1 N–H and O–H groups in total. The Bertz CT molecular complexity index is 1210. The van der Waals surface area contributed by atoms with Gasteiger partial charge in [0.2, 0.25) is 5.78 Å². The first-order chi connectivity index (χ1) is 15.1. The Morgan fingerprint density at radius 2 is 1.88 bits per heavy atom. The number of furan rings is 1. The first-order valence-corrected chi connectivity index (χ1v) is 11.4. The van der Waals surface area contributed by atoms with Crippen molar-refractivity contribution in [3.05, 3.63) is 86.8 Å². The topological polar surface area (TPSA) is 70.8 Å². The number of halogens is 1. The summed E-state index contributed by atoms with van der Waals surface area (Å²) in [4.78, 5) is 28.0. The normalized spacial score (nSPS) is 17.8. The van der Waals surface area contributed by atoms with Gasteiger partial charge in [0.25, 0.3) is 5.91 Å². The van der Waals surface area contributed by atoms with Crippen molar-refractivity contribution in [2.24, 2.45) is 0 Å². The quantitative estimate of drug-likeness (QED) is 0.439. The smallest absolute Gasteiger partial charge is 0.264 e. The molecule has 1 aliphatic heterocycles. The zero-order chi connectivity index (χ0) is 23.2. The molecule has 32 heavy (non-hydrogen) atoms. The van der Waals surface area contributed by atoms with Gasteiger partial charge in [0, 0.05) is 10.0 Å². The number of Topliss-reactive ketones (excluding diaryl/α,β-unsaturated/α-hetero) is 1. The van der Waals surface area contributed by atoms with Gasteiger partial charge in [-0.15, -0.1) is 0 Å². The lowest BCUT2D eigenvalue weighted by atomic mass is 9.89. The van der Waals surface area contributed by atoms with Gasteiger partial charge in [-0.2, -0.15) is 0 Å². The lowest BCUT2D eigenvalue weighted by Crippen LogP contribution is -2.41. The van der Waals surface area contributed by atoms with E-state index in [1.165, 1.54) is 5.56 Å².